The number of nitrogens with zero attached hydrogens (tertiary/aromatic N) is 2. The smallest absolute Gasteiger partial charge is 0.263 e. The Labute approximate surface area is 158 Å². The van der Waals surface area contributed by atoms with E-state index in [0.717, 1.165) is 11.3 Å². The van der Waals surface area contributed by atoms with Gasteiger partial charge in [-0.15, -0.1) is 0 Å². The molecule has 0 radical (unpaired) electrons. The van der Waals surface area contributed by atoms with Crippen LogP contribution in [0.2, 0.25) is 0 Å². The highest BCUT2D eigenvalue weighted by molar-refractivity contribution is 5.97. The lowest BCUT2D eigenvalue weighted by Gasteiger charge is -2.16. The first-order valence-corrected chi connectivity index (χ1v) is 8.35. The predicted molar refractivity (Wildman–Crippen MR) is 101 cm³/mol. The fourth-order valence-electron chi connectivity index (χ4n) is 2.39. The zero-order valence-electron chi connectivity index (χ0n) is 15.5. The van der Waals surface area contributed by atoms with Crippen LogP contribution in [0.1, 0.15) is 24.2 Å². The fraction of sp³-hybridized carbons (Fsp3) is 0.250. The molecule has 1 amide bonds. The van der Waals surface area contributed by atoms with Crippen LogP contribution in [-0.4, -0.2) is 25.1 Å². The van der Waals surface area contributed by atoms with Crippen molar-refractivity contribution in [1.82, 2.24) is 15.6 Å². The van der Waals surface area contributed by atoms with Crippen LogP contribution in [0.4, 0.5) is 0 Å². The number of hydrogen-bond donors (Lipinski definition) is 2. The second-order valence-electron chi connectivity index (χ2n) is 5.68. The van der Waals surface area contributed by atoms with Crippen molar-refractivity contribution in [2.75, 3.05) is 14.2 Å². The molecule has 1 atom stereocenters. The van der Waals surface area contributed by atoms with Gasteiger partial charge in [0.2, 0.25) is 0 Å². The van der Waals surface area contributed by atoms with E-state index in [4.69, 9.17) is 9.47 Å². The summed E-state index contributed by atoms with van der Waals surface area (Å²) in [5, 5.41) is 15.0. The lowest BCUT2D eigenvalue weighted by atomic mass is 10.1. The van der Waals surface area contributed by atoms with E-state index < -0.39 is 5.91 Å². The molecular formula is C20H22N4O3. The Morgan fingerprint density at radius 1 is 1.26 bits per heavy atom. The highest BCUT2D eigenvalue weighted by atomic mass is 16.5. The summed E-state index contributed by atoms with van der Waals surface area (Å²) in [5.74, 6) is 0.716. The first-order chi connectivity index (χ1) is 13.1. The monoisotopic (exact) mass is 366 g/mol. The van der Waals surface area contributed by atoms with E-state index in [2.05, 4.69) is 15.6 Å². The normalized spacial score (nSPS) is 11.9. The molecule has 1 unspecified atom stereocenters. The van der Waals surface area contributed by atoms with Gasteiger partial charge in [-0.25, -0.2) is 0 Å². The quantitative estimate of drug-likeness (QED) is 0.550. The number of pyridine rings is 1. The van der Waals surface area contributed by atoms with Gasteiger partial charge >= 0.3 is 0 Å². The minimum atomic E-state index is -0.465. The van der Waals surface area contributed by atoms with Crippen molar-refractivity contribution in [1.29, 1.82) is 5.26 Å². The Morgan fingerprint density at radius 3 is 2.67 bits per heavy atom. The third-order valence-corrected chi connectivity index (χ3v) is 3.88. The molecular weight excluding hydrogens is 344 g/mol. The molecule has 2 rings (SSSR count). The Morgan fingerprint density at radius 2 is 2.04 bits per heavy atom. The molecule has 0 fully saturated rings. The summed E-state index contributed by atoms with van der Waals surface area (Å²) in [6, 6.07) is 12.5. The standard InChI is InChI=1S/C20H22N4O3/c1-14(15-7-8-18(26-2)19(10-15)27-3)24-20(25)16(11-21)12-22-13-17-6-4-5-9-23-17/h4-10,12,14,22H,13H2,1-3H3,(H,24,25)/b16-12-. The van der Waals surface area contributed by atoms with Crippen molar-refractivity contribution >= 4 is 5.91 Å². The van der Waals surface area contributed by atoms with E-state index in [1.807, 2.05) is 37.3 Å². The van der Waals surface area contributed by atoms with Gasteiger partial charge in [0.15, 0.2) is 11.5 Å². The van der Waals surface area contributed by atoms with Crippen LogP contribution in [0.3, 0.4) is 0 Å². The van der Waals surface area contributed by atoms with Gasteiger partial charge in [0.05, 0.1) is 32.5 Å². The van der Waals surface area contributed by atoms with Crippen molar-refractivity contribution in [3.05, 3.63) is 65.6 Å². The first kappa shape index (κ1) is 19.8. The molecule has 1 aromatic heterocycles. The zero-order valence-corrected chi connectivity index (χ0v) is 15.5. The molecule has 2 N–H and O–H groups in total. The third kappa shape index (κ3) is 5.47. The third-order valence-electron chi connectivity index (χ3n) is 3.88. The number of ether oxygens (including phenoxy) is 2. The number of rotatable bonds is 8. The van der Waals surface area contributed by atoms with Crippen molar-refractivity contribution in [2.24, 2.45) is 0 Å². The second-order valence-corrected chi connectivity index (χ2v) is 5.68. The Balaban J connectivity index is 2.01. The number of methoxy groups -OCH3 is 2. The molecule has 0 saturated carbocycles. The number of nitriles is 1. The highest BCUT2D eigenvalue weighted by Gasteiger charge is 2.15. The molecule has 7 heteroatoms. The first-order valence-electron chi connectivity index (χ1n) is 8.35. The topological polar surface area (TPSA) is 96.3 Å². The molecule has 140 valence electrons. The number of hydrogen-bond acceptors (Lipinski definition) is 6. The number of carbonyl (C=O) groups is 1. The van der Waals surface area contributed by atoms with E-state index in [1.165, 1.54) is 6.20 Å². The van der Waals surface area contributed by atoms with E-state index >= 15 is 0 Å². The van der Waals surface area contributed by atoms with Gasteiger partial charge in [0, 0.05) is 12.4 Å². The van der Waals surface area contributed by atoms with E-state index in [1.54, 1.807) is 32.5 Å². The summed E-state index contributed by atoms with van der Waals surface area (Å²) in [6.07, 6.45) is 3.08. The van der Waals surface area contributed by atoms with Gasteiger partial charge in [-0.05, 0) is 36.8 Å². The number of benzene rings is 1. The van der Waals surface area contributed by atoms with E-state index in [-0.39, 0.29) is 11.6 Å². The van der Waals surface area contributed by atoms with Crippen LogP contribution in [0.5, 0.6) is 11.5 Å². The van der Waals surface area contributed by atoms with Gasteiger partial charge in [0.25, 0.3) is 5.91 Å². The van der Waals surface area contributed by atoms with E-state index in [9.17, 15) is 10.1 Å². The maximum atomic E-state index is 12.4. The number of carbonyl (C=O) groups excluding carboxylic acids is 1. The minimum Gasteiger partial charge on any atom is -0.493 e. The van der Waals surface area contributed by atoms with Crippen LogP contribution in [0, 0.1) is 11.3 Å². The maximum absolute atomic E-state index is 12.4. The average molecular weight is 366 g/mol. The number of nitrogens with one attached hydrogen (secondary N) is 2. The van der Waals surface area contributed by atoms with Crippen LogP contribution >= 0.6 is 0 Å². The summed E-state index contributed by atoms with van der Waals surface area (Å²) >= 11 is 0. The molecule has 1 heterocycles. The molecule has 7 nitrogen and oxygen atoms in total. The maximum Gasteiger partial charge on any atom is 0.263 e. The largest absolute Gasteiger partial charge is 0.493 e. The van der Waals surface area contributed by atoms with Crippen LogP contribution in [-0.2, 0) is 11.3 Å². The number of aromatic nitrogens is 1. The SMILES string of the molecule is COc1ccc(C(C)NC(=O)/C(C#N)=C\NCc2ccccn2)cc1OC. The molecule has 1 aromatic carbocycles. The lowest BCUT2D eigenvalue weighted by Crippen LogP contribution is -2.28. The molecule has 0 aliphatic heterocycles. The minimum absolute atomic E-state index is 0.0155. The zero-order chi connectivity index (χ0) is 19.6. The number of amides is 1. The Hall–Kier alpha value is -3.53. The summed E-state index contributed by atoms with van der Waals surface area (Å²) in [5.41, 5.74) is 1.63. The average Bonchev–Trinajstić information content (AvgIpc) is 2.71. The van der Waals surface area contributed by atoms with Gasteiger partial charge in [-0.1, -0.05) is 12.1 Å². The lowest BCUT2D eigenvalue weighted by molar-refractivity contribution is -0.117. The molecule has 0 saturated heterocycles. The summed E-state index contributed by atoms with van der Waals surface area (Å²) in [7, 11) is 3.11. The summed E-state index contributed by atoms with van der Waals surface area (Å²) in [6.45, 7) is 2.25. The van der Waals surface area contributed by atoms with Gasteiger partial charge in [0.1, 0.15) is 11.6 Å². The predicted octanol–water partition coefficient (Wildman–Crippen LogP) is 2.47. The molecule has 0 aliphatic rings. The molecule has 0 aliphatic carbocycles. The van der Waals surface area contributed by atoms with Crippen LogP contribution in [0.15, 0.2) is 54.4 Å². The summed E-state index contributed by atoms with van der Waals surface area (Å²) < 4.78 is 10.5. The molecule has 0 bridgehead atoms. The molecule has 0 spiro atoms. The van der Waals surface area contributed by atoms with Crippen LogP contribution < -0.4 is 20.1 Å². The van der Waals surface area contributed by atoms with Gasteiger partial charge < -0.3 is 20.1 Å². The molecule has 2 aromatic rings. The second kappa shape index (κ2) is 9.82. The van der Waals surface area contributed by atoms with Crippen molar-refractivity contribution in [3.8, 4) is 17.6 Å². The van der Waals surface area contributed by atoms with Crippen molar-refractivity contribution in [3.63, 3.8) is 0 Å². The van der Waals surface area contributed by atoms with Crippen molar-refractivity contribution < 1.29 is 14.3 Å². The summed E-state index contributed by atoms with van der Waals surface area (Å²) in [4.78, 5) is 16.5. The highest BCUT2D eigenvalue weighted by Crippen LogP contribution is 2.29. The van der Waals surface area contributed by atoms with E-state index in [0.29, 0.717) is 18.0 Å². The molecule has 27 heavy (non-hydrogen) atoms. The van der Waals surface area contributed by atoms with Crippen molar-refractivity contribution in [2.45, 2.75) is 19.5 Å². The van der Waals surface area contributed by atoms with Gasteiger partial charge in [-0.3, -0.25) is 9.78 Å². The fourth-order valence-corrected chi connectivity index (χ4v) is 2.39. The van der Waals surface area contributed by atoms with Crippen LogP contribution in [0.25, 0.3) is 0 Å². The van der Waals surface area contributed by atoms with Gasteiger partial charge in [-0.2, -0.15) is 5.26 Å². The Kier molecular flexibility index (Phi) is 7.20. The Bertz CT molecular complexity index is 844.